The minimum Gasteiger partial charge on any atom is -0.493 e. The molecule has 2 atom stereocenters. The summed E-state index contributed by atoms with van der Waals surface area (Å²) >= 11 is 4.72. The number of anilines is 1. The smallest absolute Gasteiger partial charge is 0.238 e. The molecule has 1 aromatic heterocycles. The number of aromatic nitrogens is 1. The first-order valence-electron chi connectivity index (χ1n) is 8.50. The lowest BCUT2D eigenvalue weighted by molar-refractivity contribution is -0.119. The molecule has 9 heteroatoms. The maximum atomic E-state index is 12.4. The molecule has 0 saturated heterocycles. The van der Waals surface area contributed by atoms with Crippen LogP contribution >= 0.6 is 27.7 Å². The van der Waals surface area contributed by atoms with E-state index < -0.39 is 5.25 Å². The molecular formula is C18H20BrN3O4S. The molecule has 0 saturated carbocycles. The summed E-state index contributed by atoms with van der Waals surface area (Å²) in [6.45, 7) is 4.06. The second-order valence-electron chi connectivity index (χ2n) is 6.20. The Morgan fingerprint density at radius 1 is 1.41 bits per heavy atom. The van der Waals surface area contributed by atoms with Gasteiger partial charge in [0.2, 0.25) is 11.8 Å². The maximum absolute atomic E-state index is 12.4. The van der Waals surface area contributed by atoms with Gasteiger partial charge in [0.05, 0.1) is 23.7 Å². The Bertz CT molecular complexity index is 842. The zero-order chi connectivity index (χ0) is 19.4. The zero-order valence-electron chi connectivity index (χ0n) is 15.0. The van der Waals surface area contributed by atoms with Crippen molar-refractivity contribution < 1.29 is 18.8 Å². The molecule has 2 aromatic rings. The third-order valence-electron chi connectivity index (χ3n) is 4.06. The van der Waals surface area contributed by atoms with Gasteiger partial charge in [-0.15, -0.1) is 11.8 Å². The first-order chi connectivity index (χ1) is 12.9. The second-order valence-corrected chi connectivity index (χ2v) is 8.45. The Morgan fingerprint density at radius 2 is 2.22 bits per heavy atom. The number of fused-ring (bicyclic) bond motifs is 1. The number of carbonyl (C=O) groups excluding carboxylic acids is 2. The molecule has 0 aliphatic carbocycles. The summed E-state index contributed by atoms with van der Waals surface area (Å²) in [5, 5.41) is 9.03. The molecule has 0 bridgehead atoms. The Morgan fingerprint density at radius 3 is 2.96 bits per heavy atom. The highest BCUT2D eigenvalue weighted by molar-refractivity contribution is 9.10. The Labute approximate surface area is 169 Å². The van der Waals surface area contributed by atoms with Gasteiger partial charge < -0.3 is 19.9 Å². The highest BCUT2D eigenvalue weighted by Crippen LogP contribution is 2.34. The monoisotopic (exact) mass is 453 g/mol. The fraction of sp³-hybridized carbons (Fsp3) is 0.389. The first kappa shape index (κ1) is 19.8. The highest BCUT2D eigenvalue weighted by Gasteiger charge is 2.24. The average molecular weight is 454 g/mol. The summed E-state index contributed by atoms with van der Waals surface area (Å²) < 4.78 is 11.5. The largest absolute Gasteiger partial charge is 0.493 e. The summed E-state index contributed by atoms with van der Waals surface area (Å²) in [4.78, 5) is 24.5. The van der Waals surface area contributed by atoms with Crippen molar-refractivity contribution in [3.8, 4) is 5.75 Å². The molecule has 2 unspecified atom stereocenters. The van der Waals surface area contributed by atoms with Crippen LogP contribution < -0.4 is 15.4 Å². The lowest BCUT2D eigenvalue weighted by Gasteiger charge is -2.27. The van der Waals surface area contributed by atoms with Crippen molar-refractivity contribution >= 4 is 45.3 Å². The van der Waals surface area contributed by atoms with Gasteiger partial charge in [0.25, 0.3) is 0 Å². The van der Waals surface area contributed by atoms with Crippen LogP contribution in [-0.4, -0.2) is 34.6 Å². The van der Waals surface area contributed by atoms with Crippen LogP contribution in [0, 0.1) is 6.92 Å². The van der Waals surface area contributed by atoms with Crippen LogP contribution in [0.1, 0.15) is 30.7 Å². The van der Waals surface area contributed by atoms with Crippen molar-refractivity contribution in [3.63, 3.8) is 0 Å². The molecular weight excluding hydrogens is 434 g/mol. The minimum atomic E-state index is -0.399. The van der Waals surface area contributed by atoms with E-state index in [0.29, 0.717) is 24.6 Å². The van der Waals surface area contributed by atoms with Gasteiger partial charge in [-0.2, -0.15) is 0 Å². The van der Waals surface area contributed by atoms with Crippen molar-refractivity contribution in [2.24, 2.45) is 0 Å². The van der Waals surface area contributed by atoms with E-state index in [4.69, 9.17) is 9.26 Å². The van der Waals surface area contributed by atoms with E-state index >= 15 is 0 Å². The highest BCUT2D eigenvalue weighted by atomic mass is 79.9. The summed E-state index contributed by atoms with van der Waals surface area (Å²) in [6.07, 6.45) is 0.710. The number of amides is 2. The molecule has 0 fully saturated rings. The third-order valence-corrected chi connectivity index (χ3v) is 5.70. The van der Waals surface area contributed by atoms with E-state index in [-0.39, 0.29) is 23.6 Å². The molecule has 0 spiro atoms. The van der Waals surface area contributed by atoms with Gasteiger partial charge in [-0.25, -0.2) is 0 Å². The van der Waals surface area contributed by atoms with Crippen molar-refractivity contribution in [3.05, 3.63) is 40.1 Å². The van der Waals surface area contributed by atoms with Crippen LogP contribution in [0.2, 0.25) is 0 Å². The Hall–Kier alpha value is -2.00. The van der Waals surface area contributed by atoms with E-state index in [1.54, 1.807) is 19.9 Å². The number of nitrogens with zero attached hydrogens (tertiary/aromatic N) is 1. The van der Waals surface area contributed by atoms with E-state index in [0.717, 1.165) is 15.8 Å². The van der Waals surface area contributed by atoms with Crippen LogP contribution in [0.3, 0.4) is 0 Å². The van der Waals surface area contributed by atoms with Gasteiger partial charge in [-0.1, -0.05) is 21.1 Å². The number of halogens is 1. The Kier molecular flexibility index (Phi) is 6.43. The minimum absolute atomic E-state index is 0.0958. The number of thioether (sulfide) groups is 1. The van der Waals surface area contributed by atoms with Crippen molar-refractivity contribution in [2.45, 2.75) is 31.6 Å². The summed E-state index contributed by atoms with van der Waals surface area (Å²) in [6, 6.07) is 7.31. The number of hydrogen-bond donors (Lipinski definition) is 2. The number of benzene rings is 1. The number of carbonyl (C=O) groups is 2. The van der Waals surface area contributed by atoms with Crippen LogP contribution in [0.25, 0.3) is 0 Å². The van der Waals surface area contributed by atoms with Crippen molar-refractivity contribution in [1.29, 1.82) is 0 Å². The SMILES string of the molecule is Cc1cc(NC(=O)C(C)SCC(=O)NC2CCOc3ccc(Br)cc32)no1. The maximum Gasteiger partial charge on any atom is 0.238 e. The first-order valence-corrected chi connectivity index (χ1v) is 10.3. The van der Waals surface area contributed by atoms with Crippen LogP contribution in [-0.2, 0) is 9.59 Å². The predicted octanol–water partition coefficient (Wildman–Crippen LogP) is 3.45. The topological polar surface area (TPSA) is 93.5 Å². The molecule has 1 aromatic carbocycles. The van der Waals surface area contributed by atoms with E-state index in [1.807, 2.05) is 18.2 Å². The van der Waals surface area contributed by atoms with E-state index in [9.17, 15) is 9.59 Å². The number of rotatable bonds is 6. The normalized spacial score (nSPS) is 16.8. The van der Waals surface area contributed by atoms with Gasteiger partial charge in [-0.3, -0.25) is 9.59 Å². The standard InChI is InChI=1S/C18H20BrN3O4S/c1-10-7-16(22-26-10)21-18(24)11(2)27-9-17(23)20-14-5-6-25-15-4-3-12(19)8-13(14)15/h3-4,7-8,11,14H,5-6,9H2,1-2H3,(H,20,23)(H,21,22,24). The third kappa shape index (κ3) is 5.26. The summed E-state index contributed by atoms with van der Waals surface area (Å²) in [5.41, 5.74) is 0.959. The molecule has 144 valence electrons. The van der Waals surface area contributed by atoms with Gasteiger partial charge >= 0.3 is 0 Å². The number of hydrogen-bond acceptors (Lipinski definition) is 6. The van der Waals surface area contributed by atoms with Gasteiger partial charge in [0.15, 0.2) is 5.82 Å². The van der Waals surface area contributed by atoms with Crippen LogP contribution in [0.15, 0.2) is 33.3 Å². The molecule has 2 N–H and O–H groups in total. The lowest BCUT2D eigenvalue weighted by Crippen LogP contribution is -2.34. The van der Waals surface area contributed by atoms with Crippen molar-refractivity contribution in [1.82, 2.24) is 10.5 Å². The number of aryl methyl sites for hydroxylation is 1. The molecule has 0 radical (unpaired) electrons. The van der Waals surface area contributed by atoms with Gasteiger partial charge in [-0.05, 0) is 32.0 Å². The number of nitrogens with one attached hydrogen (secondary N) is 2. The van der Waals surface area contributed by atoms with E-state index in [1.165, 1.54) is 11.8 Å². The Balaban J connectivity index is 1.50. The number of ether oxygens (including phenoxy) is 1. The van der Waals surface area contributed by atoms with E-state index in [2.05, 4.69) is 31.7 Å². The van der Waals surface area contributed by atoms with Crippen LogP contribution in [0.5, 0.6) is 5.75 Å². The van der Waals surface area contributed by atoms with Gasteiger partial charge in [0, 0.05) is 22.5 Å². The van der Waals surface area contributed by atoms with Gasteiger partial charge in [0.1, 0.15) is 11.5 Å². The molecule has 27 heavy (non-hydrogen) atoms. The summed E-state index contributed by atoms with van der Waals surface area (Å²) in [7, 11) is 0. The molecule has 2 amide bonds. The molecule has 1 aliphatic heterocycles. The predicted molar refractivity (Wildman–Crippen MR) is 107 cm³/mol. The fourth-order valence-electron chi connectivity index (χ4n) is 2.68. The van der Waals surface area contributed by atoms with Crippen LogP contribution in [0.4, 0.5) is 5.82 Å². The molecule has 3 rings (SSSR count). The molecule has 2 heterocycles. The molecule has 7 nitrogen and oxygen atoms in total. The lowest BCUT2D eigenvalue weighted by atomic mass is 10.0. The second kappa shape index (κ2) is 8.79. The average Bonchev–Trinajstić information content (AvgIpc) is 3.05. The summed E-state index contributed by atoms with van der Waals surface area (Å²) in [5.74, 6) is 1.63. The molecule has 1 aliphatic rings. The quantitative estimate of drug-likeness (QED) is 0.695. The zero-order valence-corrected chi connectivity index (χ0v) is 17.4. The van der Waals surface area contributed by atoms with Crippen molar-refractivity contribution in [2.75, 3.05) is 17.7 Å². The fourth-order valence-corrected chi connectivity index (χ4v) is 3.75.